The van der Waals surface area contributed by atoms with E-state index in [0.717, 1.165) is 11.6 Å². The van der Waals surface area contributed by atoms with Crippen LogP contribution in [0.15, 0.2) is 42.5 Å². The topological polar surface area (TPSA) is 58.2 Å². The zero-order valence-electron chi connectivity index (χ0n) is 14.0. The number of anilines is 1. The Labute approximate surface area is 148 Å². The van der Waals surface area contributed by atoms with Gasteiger partial charge < -0.3 is 10.6 Å². The van der Waals surface area contributed by atoms with Crippen molar-refractivity contribution < 1.29 is 22.8 Å². The Balaban J connectivity index is 1.71. The van der Waals surface area contributed by atoms with E-state index in [2.05, 4.69) is 10.6 Å². The maximum Gasteiger partial charge on any atom is 0.240 e. The Morgan fingerprint density at radius 1 is 0.962 bits per heavy atom. The zero-order chi connectivity index (χ0) is 18.9. The number of hydrogen-bond acceptors (Lipinski definition) is 2. The SMILES string of the molecule is CC(NC(=O)C1(C(=O)Nc2ccc(F)c(F)c2F)CC1)c1ccccc1. The number of amides is 2. The molecule has 0 heterocycles. The van der Waals surface area contributed by atoms with Crippen LogP contribution in [0.3, 0.4) is 0 Å². The molecule has 1 aliphatic carbocycles. The molecular formula is C19H17F3N2O2. The first-order valence-corrected chi connectivity index (χ1v) is 8.16. The largest absolute Gasteiger partial charge is 0.349 e. The van der Waals surface area contributed by atoms with E-state index < -0.39 is 40.4 Å². The van der Waals surface area contributed by atoms with E-state index in [9.17, 15) is 22.8 Å². The number of carbonyl (C=O) groups excluding carboxylic acids is 2. The van der Waals surface area contributed by atoms with E-state index in [1.54, 1.807) is 6.92 Å². The fourth-order valence-corrected chi connectivity index (χ4v) is 2.71. The molecule has 7 heteroatoms. The molecule has 0 aromatic heterocycles. The third-order valence-corrected chi connectivity index (χ3v) is 4.55. The van der Waals surface area contributed by atoms with E-state index in [4.69, 9.17) is 0 Å². The zero-order valence-corrected chi connectivity index (χ0v) is 14.0. The van der Waals surface area contributed by atoms with Crippen molar-refractivity contribution >= 4 is 17.5 Å². The maximum absolute atomic E-state index is 13.7. The Morgan fingerprint density at radius 3 is 2.23 bits per heavy atom. The molecule has 4 nitrogen and oxygen atoms in total. The minimum absolute atomic E-state index is 0.303. The Hall–Kier alpha value is -2.83. The molecule has 2 aromatic rings. The molecule has 0 bridgehead atoms. The van der Waals surface area contributed by atoms with Crippen molar-refractivity contribution in [3.05, 3.63) is 65.5 Å². The molecular weight excluding hydrogens is 345 g/mol. The lowest BCUT2D eigenvalue weighted by atomic mass is 10.0. The van der Waals surface area contributed by atoms with Gasteiger partial charge in [0.1, 0.15) is 5.41 Å². The van der Waals surface area contributed by atoms with Crippen molar-refractivity contribution in [1.29, 1.82) is 0 Å². The molecule has 136 valence electrons. The molecule has 0 saturated heterocycles. The summed E-state index contributed by atoms with van der Waals surface area (Å²) in [6.07, 6.45) is 0.606. The van der Waals surface area contributed by atoms with Crippen LogP contribution in [0.1, 0.15) is 31.4 Å². The summed E-state index contributed by atoms with van der Waals surface area (Å²) in [5.74, 6) is -5.73. The van der Waals surface area contributed by atoms with Gasteiger partial charge in [-0.1, -0.05) is 30.3 Å². The average molecular weight is 362 g/mol. The quantitative estimate of drug-likeness (QED) is 0.629. The van der Waals surface area contributed by atoms with Crippen molar-refractivity contribution in [2.24, 2.45) is 5.41 Å². The summed E-state index contributed by atoms with van der Waals surface area (Å²) < 4.78 is 40.0. The van der Waals surface area contributed by atoms with Crippen LogP contribution in [-0.2, 0) is 9.59 Å². The number of rotatable bonds is 5. The highest BCUT2D eigenvalue weighted by molar-refractivity contribution is 6.13. The van der Waals surface area contributed by atoms with E-state index in [1.807, 2.05) is 30.3 Å². The maximum atomic E-state index is 13.7. The van der Waals surface area contributed by atoms with Crippen LogP contribution < -0.4 is 10.6 Å². The summed E-state index contributed by atoms with van der Waals surface area (Å²) in [7, 11) is 0. The fourth-order valence-electron chi connectivity index (χ4n) is 2.71. The monoisotopic (exact) mass is 362 g/mol. The molecule has 1 saturated carbocycles. The third-order valence-electron chi connectivity index (χ3n) is 4.55. The molecule has 1 unspecified atom stereocenters. The fraction of sp³-hybridized carbons (Fsp3) is 0.263. The van der Waals surface area contributed by atoms with Gasteiger partial charge in [-0.2, -0.15) is 0 Å². The molecule has 3 rings (SSSR count). The van der Waals surface area contributed by atoms with E-state index in [1.165, 1.54) is 0 Å². The molecule has 0 spiro atoms. The summed E-state index contributed by atoms with van der Waals surface area (Å²) >= 11 is 0. The van der Waals surface area contributed by atoms with Gasteiger partial charge in [-0.15, -0.1) is 0 Å². The van der Waals surface area contributed by atoms with Crippen molar-refractivity contribution in [2.45, 2.75) is 25.8 Å². The van der Waals surface area contributed by atoms with Crippen LogP contribution >= 0.6 is 0 Å². The molecule has 26 heavy (non-hydrogen) atoms. The summed E-state index contributed by atoms with van der Waals surface area (Å²) in [6.45, 7) is 1.79. The lowest BCUT2D eigenvalue weighted by Gasteiger charge is -2.20. The molecule has 0 radical (unpaired) electrons. The normalized spacial score (nSPS) is 15.8. The van der Waals surface area contributed by atoms with Gasteiger partial charge in [-0.05, 0) is 37.5 Å². The molecule has 0 aliphatic heterocycles. The van der Waals surface area contributed by atoms with Gasteiger partial charge in [0.05, 0.1) is 11.7 Å². The second kappa shape index (κ2) is 6.82. The summed E-state index contributed by atoms with van der Waals surface area (Å²) in [6, 6.07) is 10.5. The number of halogens is 3. The predicted molar refractivity (Wildman–Crippen MR) is 89.6 cm³/mol. The van der Waals surface area contributed by atoms with Gasteiger partial charge in [0, 0.05) is 0 Å². The lowest BCUT2D eigenvalue weighted by molar-refractivity contribution is -0.134. The second-order valence-corrected chi connectivity index (χ2v) is 6.36. The van der Waals surface area contributed by atoms with Gasteiger partial charge in [0.25, 0.3) is 0 Å². The molecule has 1 fully saturated rings. The Morgan fingerprint density at radius 2 is 1.62 bits per heavy atom. The van der Waals surface area contributed by atoms with Gasteiger partial charge in [-0.3, -0.25) is 9.59 Å². The van der Waals surface area contributed by atoms with Gasteiger partial charge in [0.2, 0.25) is 11.8 Å². The molecule has 1 atom stereocenters. The summed E-state index contributed by atoms with van der Waals surface area (Å²) in [4.78, 5) is 25.0. The number of carbonyl (C=O) groups is 2. The van der Waals surface area contributed by atoms with E-state index in [-0.39, 0.29) is 6.04 Å². The molecule has 2 amide bonds. The summed E-state index contributed by atoms with van der Waals surface area (Å²) in [5, 5.41) is 4.97. The second-order valence-electron chi connectivity index (χ2n) is 6.36. The van der Waals surface area contributed by atoms with Gasteiger partial charge in [0.15, 0.2) is 17.5 Å². The highest BCUT2D eigenvalue weighted by Gasteiger charge is 2.56. The first-order valence-electron chi connectivity index (χ1n) is 8.16. The minimum Gasteiger partial charge on any atom is -0.349 e. The van der Waals surface area contributed by atoms with Crippen LogP contribution in [-0.4, -0.2) is 11.8 Å². The van der Waals surface area contributed by atoms with Crippen molar-refractivity contribution in [3.63, 3.8) is 0 Å². The van der Waals surface area contributed by atoms with Crippen molar-refractivity contribution in [1.82, 2.24) is 5.32 Å². The van der Waals surface area contributed by atoms with Crippen LogP contribution in [0.5, 0.6) is 0 Å². The minimum atomic E-state index is -1.67. The Bertz CT molecular complexity index is 851. The standard InChI is InChI=1S/C19H17F3N2O2/c1-11(12-5-3-2-4-6-12)23-17(25)19(9-10-19)18(26)24-14-8-7-13(20)15(21)16(14)22/h2-8,11H,9-10H2,1H3,(H,23,25)(H,24,26). The van der Waals surface area contributed by atoms with Gasteiger partial charge >= 0.3 is 0 Å². The van der Waals surface area contributed by atoms with Crippen LogP contribution in [0, 0.1) is 22.9 Å². The number of hydrogen-bond donors (Lipinski definition) is 2. The van der Waals surface area contributed by atoms with Gasteiger partial charge in [-0.25, -0.2) is 13.2 Å². The van der Waals surface area contributed by atoms with Crippen LogP contribution in [0.2, 0.25) is 0 Å². The van der Waals surface area contributed by atoms with Crippen LogP contribution in [0.25, 0.3) is 0 Å². The van der Waals surface area contributed by atoms with Crippen molar-refractivity contribution in [2.75, 3.05) is 5.32 Å². The average Bonchev–Trinajstić information content (AvgIpc) is 3.45. The third kappa shape index (κ3) is 3.29. The highest BCUT2D eigenvalue weighted by Crippen LogP contribution is 2.47. The van der Waals surface area contributed by atoms with E-state index in [0.29, 0.717) is 18.9 Å². The molecule has 2 N–H and O–H groups in total. The molecule has 2 aromatic carbocycles. The Kier molecular flexibility index (Phi) is 4.71. The predicted octanol–water partition coefficient (Wildman–Crippen LogP) is 3.70. The summed E-state index contributed by atoms with van der Waals surface area (Å²) in [5.41, 5.74) is -0.937. The lowest BCUT2D eigenvalue weighted by Crippen LogP contribution is -2.41. The number of nitrogens with one attached hydrogen (secondary N) is 2. The van der Waals surface area contributed by atoms with Crippen molar-refractivity contribution in [3.8, 4) is 0 Å². The first-order chi connectivity index (χ1) is 12.3. The van der Waals surface area contributed by atoms with Crippen LogP contribution in [0.4, 0.5) is 18.9 Å². The smallest absolute Gasteiger partial charge is 0.240 e. The first kappa shape index (κ1) is 18.0. The van der Waals surface area contributed by atoms with E-state index >= 15 is 0 Å². The number of benzene rings is 2. The highest BCUT2D eigenvalue weighted by atomic mass is 19.2. The molecule has 1 aliphatic rings.